The molecule has 86 valence electrons. The van der Waals surface area contributed by atoms with Crippen LogP contribution in [0.25, 0.3) is 0 Å². The fraction of sp³-hybridized carbons (Fsp3) is 0.889. The van der Waals surface area contributed by atoms with Crippen LogP contribution >= 0.6 is 0 Å². The van der Waals surface area contributed by atoms with Gasteiger partial charge in [-0.2, -0.15) is 0 Å². The number of carbonyl (C=O) groups excluding carboxylic acids is 1. The molecule has 1 atom stereocenters. The highest BCUT2D eigenvalue weighted by atomic mass is 19.3. The van der Waals surface area contributed by atoms with E-state index in [1.165, 1.54) is 4.90 Å². The number of likely N-dealkylation sites (tertiary alicyclic amines) is 1. The van der Waals surface area contributed by atoms with Gasteiger partial charge in [-0.1, -0.05) is 0 Å². The summed E-state index contributed by atoms with van der Waals surface area (Å²) in [7, 11) is 0. The van der Waals surface area contributed by atoms with Gasteiger partial charge in [0.1, 0.15) is 6.10 Å². The highest BCUT2D eigenvalue weighted by molar-refractivity contribution is 5.81. The predicted molar refractivity (Wildman–Crippen MR) is 48.8 cm³/mol. The van der Waals surface area contributed by atoms with E-state index >= 15 is 0 Å². The molecule has 0 radical (unpaired) electrons. The number of carbonyl (C=O) groups is 1. The lowest BCUT2D eigenvalue weighted by molar-refractivity contribution is -0.145. The van der Waals surface area contributed by atoms with Crippen molar-refractivity contribution in [3.8, 4) is 0 Å². The van der Waals surface area contributed by atoms with Crippen LogP contribution in [-0.4, -0.2) is 55.6 Å². The van der Waals surface area contributed by atoms with Gasteiger partial charge in [0.05, 0.1) is 13.2 Å². The summed E-state index contributed by atoms with van der Waals surface area (Å²) in [6.07, 6.45) is -0.827. The maximum atomic E-state index is 12.9. The number of ether oxygens (including phenoxy) is 1. The standard InChI is InChI=1S/C9H14F2N2O2/c10-9(11)1-3-13(6-9)8(14)7-5-12-2-4-15-7/h7,12H,1-6H2. The maximum Gasteiger partial charge on any atom is 0.267 e. The maximum absolute atomic E-state index is 12.9. The van der Waals surface area contributed by atoms with Gasteiger partial charge in [0, 0.05) is 26.1 Å². The highest BCUT2D eigenvalue weighted by Crippen LogP contribution is 2.27. The average Bonchev–Trinajstić information content (AvgIpc) is 2.59. The number of nitrogens with one attached hydrogen (secondary N) is 1. The number of amides is 1. The normalized spacial score (nSPS) is 30.5. The minimum atomic E-state index is -2.72. The zero-order chi connectivity index (χ0) is 10.9. The number of rotatable bonds is 1. The van der Waals surface area contributed by atoms with Crippen molar-refractivity contribution in [3.05, 3.63) is 0 Å². The lowest BCUT2D eigenvalue weighted by Gasteiger charge is -2.26. The summed E-state index contributed by atoms with van der Waals surface area (Å²) in [6.45, 7) is 1.25. The Labute approximate surface area is 86.6 Å². The van der Waals surface area contributed by atoms with E-state index in [0.29, 0.717) is 19.7 Å². The first-order chi connectivity index (χ1) is 7.08. The van der Waals surface area contributed by atoms with Crippen molar-refractivity contribution < 1.29 is 18.3 Å². The number of nitrogens with zero attached hydrogens (tertiary/aromatic N) is 1. The second-order valence-electron chi connectivity index (χ2n) is 3.93. The van der Waals surface area contributed by atoms with Crippen molar-refractivity contribution in [1.29, 1.82) is 0 Å². The van der Waals surface area contributed by atoms with Crippen molar-refractivity contribution in [3.63, 3.8) is 0 Å². The van der Waals surface area contributed by atoms with E-state index in [1.54, 1.807) is 0 Å². The van der Waals surface area contributed by atoms with Crippen LogP contribution in [0.3, 0.4) is 0 Å². The van der Waals surface area contributed by atoms with Crippen LogP contribution in [0.15, 0.2) is 0 Å². The number of hydrogen-bond donors (Lipinski definition) is 1. The molecule has 0 aromatic rings. The summed E-state index contributed by atoms with van der Waals surface area (Å²) >= 11 is 0. The summed E-state index contributed by atoms with van der Waals surface area (Å²) in [6, 6.07) is 0. The largest absolute Gasteiger partial charge is 0.366 e. The first kappa shape index (κ1) is 10.8. The van der Waals surface area contributed by atoms with Crippen LogP contribution in [0.5, 0.6) is 0 Å². The molecule has 0 aromatic heterocycles. The smallest absolute Gasteiger partial charge is 0.267 e. The predicted octanol–water partition coefficient (Wildman–Crippen LogP) is -0.158. The minimum Gasteiger partial charge on any atom is -0.366 e. The quantitative estimate of drug-likeness (QED) is 0.667. The average molecular weight is 220 g/mol. The van der Waals surface area contributed by atoms with E-state index in [-0.39, 0.29) is 18.9 Å². The van der Waals surface area contributed by atoms with Gasteiger partial charge in [-0.25, -0.2) is 8.78 Å². The fourth-order valence-electron chi connectivity index (χ4n) is 1.85. The van der Waals surface area contributed by atoms with Crippen LogP contribution < -0.4 is 5.32 Å². The molecule has 2 fully saturated rings. The lowest BCUT2D eigenvalue weighted by Crippen LogP contribution is -2.49. The summed E-state index contributed by atoms with van der Waals surface area (Å²) < 4.78 is 31.0. The Kier molecular flexibility index (Phi) is 2.88. The molecule has 0 spiro atoms. The summed E-state index contributed by atoms with van der Waals surface area (Å²) in [5.41, 5.74) is 0. The van der Waals surface area contributed by atoms with Gasteiger partial charge < -0.3 is 15.0 Å². The van der Waals surface area contributed by atoms with Crippen molar-refractivity contribution >= 4 is 5.91 Å². The van der Waals surface area contributed by atoms with E-state index in [9.17, 15) is 13.6 Å². The van der Waals surface area contributed by atoms with Crippen molar-refractivity contribution in [1.82, 2.24) is 10.2 Å². The molecule has 2 aliphatic rings. The van der Waals surface area contributed by atoms with Gasteiger partial charge in [-0.3, -0.25) is 4.79 Å². The van der Waals surface area contributed by atoms with Gasteiger partial charge in [-0.15, -0.1) is 0 Å². The van der Waals surface area contributed by atoms with Gasteiger partial charge in [-0.05, 0) is 0 Å². The van der Waals surface area contributed by atoms with Crippen LogP contribution in [0.1, 0.15) is 6.42 Å². The number of morpholine rings is 1. The highest BCUT2D eigenvalue weighted by Gasteiger charge is 2.42. The molecule has 1 unspecified atom stereocenters. The van der Waals surface area contributed by atoms with Crippen LogP contribution in [-0.2, 0) is 9.53 Å². The Morgan fingerprint density at radius 3 is 2.87 bits per heavy atom. The molecular weight excluding hydrogens is 206 g/mol. The molecule has 2 saturated heterocycles. The van der Waals surface area contributed by atoms with E-state index in [4.69, 9.17) is 4.74 Å². The first-order valence-electron chi connectivity index (χ1n) is 5.07. The first-order valence-corrected chi connectivity index (χ1v) is 5.07. The topological polar surface area (TPSA) is 41.6 Å². The minimum absolute atomic E-state index is 0.131. The summed E-state index contributed by atoms with van der Waals surface area (Å²) in [5, 5.41) is 3.00. The third kappa shape index (κ3) is 2.43. The fourth-order valence-corrected chi connectivity index (χ4v) is 1.85. The van der Waals surface area contributed by atoms with Gasteiger partial charge >= 0.3 is 0 Å². The molecule has 0 aliphatic carbocycles. The molecule has 2 rings (SSSR count). The van der Waals surface area contributed by atoms with Gasteiger partial charge in [0.15, 0.2) is 0 Å². The zero-order valence-corrected chi connectivity index (χ0v) is 8.34. The Morgan fingerprint density at radius 1 is 1.53 bits per heavy atom. The number of alkyl halides is 2. The Hall–Kier alpha value is -0.750. The molecule has 15 heavy (non-hydrogen) atoms. The molecule has 4 nitrogen and oxygen atoms in total. The lowest BCUT2D eigenvalue weighted by atomic mass is 10.2. The molecule has 0 bridgehead atoms. The van der Waals surface area contributed by atoms with Gasteiger partial charge in [0.25, 0.3) is 11.8 Å². The van der Waals surface area contributed by atoms with Crippen LogP contribution in [0.2, 0.25) is 0 Å². The molecule has 0 aromatic carbocycles. The van der Waals surface area contributed by atoms with Crippen molar-refractivity contribution in [2.75, 3.05) is 32.8 Å². The molecule has 6 heteroatoms. The Morgan fingerprint density at radius 2 is 2.33 bits per heavy atom. The third-order valence-corrected chi connectivity index (χ3v) is 2.68. The van der Waals surface area contributed by atoms with Gasteiger partial charge in [0.2, 0.25) is 0 Å². The van der Waals surface area contributed by atoms with Crippen LogP contribution in [0, 0.1) is 0 Å². The number of hydrogen-bond acceptors (Lipinski definition) is 3. The molecule has 1 amide bonds. The van der Waals surface area contributed by atoms with E-state index in [2.05, 4.69) is 5.32 Å². The second-order valence-corrected chi connectivity index (χ2v) is 3.93. The molecule has 2 heterocycles. The van der Waals surface area contributed by atoms with E-state index in [1.807, 2.05) is 0 Å². The number of halogens is 2. The van der Waals surface area contributed by atoms with Crippen molar-refractivity contribution in [2.45, 2.75) is 18.4 Å². The second kappa shape index (κ2) is 4.02. The van der Waals surface area contributed by atoms with E-state index < -0.39 is 18.6 Å². The Bertz CT molecular complexity index is 254. The van der Waals surface area contributed by atoms with E-state index in [0.717, 1.165) is 0 Å². The SMILES string of the molecule is O=C(C1CNCCO1)N1CCC(F)(F)C1. The summed E-state index contributed by atoms with van der Waals surface area (Å²) in [4.78, 5) is 12.9. The summed E-state index contributed by atoms with van der Waals surface area (Å²) in [5.74, 6) is -3.04. The molecule has 1 N–H and O–H groups in total. The zero-order valence-electron chi connectivity index (χ0n) is 8.34. The third-order valence-electron chi connectivity index (χ3n) is 2.68. The molecule has 0 saturated carbocycles. The molecular formula is C9H14F2N2O2. The molecule has 2 aliphatic heterocycles. The Balaban J connectivity index is 1.90. The monoisotopic (exact) mass is 220 g/mol. The van der Waals surface area contributed by atoms with Crippen molar-refractivity contribution in [2.24, 2.45) is 0 Å². The van der Waals surface area contributed by atoms with Crippen LogP contribution in [0.4, 0.5) is 8.78 Å².